The molecule has 2 N–H and O–H groups in total. The Morgan fingerprint density at radius 3 is 2.85 bits per heavy atom. The molecule has 0 radical (unpaired) electrons. The van der Waals surface area contributed by atoms with E-state index in [2.05, 4.69) is 25.8 Å². The van der Waals surface area contributed by atoms with Gasteiger partial charge in [0, 0.05) is 24.7 Å². The van der Waals surface area contributed by atoms with Crippen LogP contribution in [0.1, 0.15) is 16.2 Å². The fraction of sp³-hybridized carbons (Fsp3) is 0.158. The van der Waals surface area contributed by atoms with Crippen molar-refractivity contribution in [3.8, 4) is 0 Å². The maximum absolute atomic E-state index is 12.3. The Hall–Kier alpha value is -3.48. The molecular weight excluding hydrogens is 328 g/mol. The lowest BCUT2D eigenvalue weighted by atomic mass is 10.2. The van der Waals surface area contributed by atoms with Gasteiger partial charge in [0.1, 0.15) is 11.6 Å². The van der Waals surface area contributed by atoms with Crippen molar-refractivity contribution in [3.05, 3.63) is 66.1 Å². The normalized spacial score (nSPS) is 11.0. The highest BCUT2D eigenvalue weighted by atomic mass is 16.1. The van der Waals surface area contributed by atoms with Crippen LogP contribution >= 0.6 is 0 Å². The number of hydrogen-bond acceptors (Lipinski definition) is 5. The molecule has 0 aliphatic rings. The molecule has 0 saturated heterocycles. The molecular formula is C19H18N6O. The van der Waals surface area contributed by atoms with Gasteiger partial charge in [-0.25, -0.2) is 4.98 Å². The number of nitrogens with zero attached hydrogens (tertiary/aromatic N) is 4. The first-order valence-electron chi connectivity index (χ1n) is 8.40. The second kappa shape index (κ2) is 6.79. The molecule has 3 heterocycles. The maximum Gasteiger partial charge on any atom is 0.252 e. The number of benzene rings is 1. The fourth-order valence-corrected chi connectivity index (χ4v) is 2.77. The van der Waals surface area contributed by atoms with Gasteiger partial charge in [-0.1, -0.05) is 18.2 Å². The Kier molecular flexibility index (Phi) is 4.18. The van der Waals surface area contributed by atoms with Crippen molar-refractivity contribution in [1.82, 2.24) is 24.9 Å². The SMILES string of the molecule is Cc1nnc2ccc(C(=O)NCCNc3ccc4ccccc4n3)cn12. The van der Waals surface area contributed by atoms with E-state index in [0.29, 0.717) is 18.7 Å². The summed E-state index contributed by atoms with van der Waals surface area (Å²) in [5, 5.41) is 15.2. The van der Waals surface area contributed by atoms with Gasteiger partial charge in [0.05, 0.1) is 11.1 Å². The summed E-state index contributed by atoms with van der Waals surface area (Å²) >= 11 is 0. The van der Waals surface area contributed by atoms with Crippen LogP contribution in [0.4, 0.5) is 5.82 Å². The summed E-state index contributed by atoms with van der Waals surface area (Å²) in [4.78, 5) is 16.8. The quantitative estimate of drug-likeness (QED) is 0.542. The second-order valence-corrected chi connectivity index (χ2v) is 5.97. The first-order valence-corrected chi connectivity index (χ1v) is 8.40. The largest absolute Gasteiger partial charge is 0.368 e. The van der Waals surface area contributed by atoms with Crippen LogP contribution in [-0.4, -0.2) is 38.6 Å². The number of nitrogens with one attached hydrogen (secondary N) is 2. The van der Waals surface area contributed by atoms with Crippen molar-refractivity contribution in [2.75, 3.05) is 18.4 Å². The number of carbonyl (C=O) groups excluding carboxylic acids is 1. The van der Waals surface area contributed by atoms with E-state index in [1.54, 1.807) is 22.7 Å². The predicted molar refractivity (Wildman–Crippen MR) is 100 cm³/mol. The van der Waals surface area contributed by atoms with E-state index in [9.17, 15) is 4.79 Å². The number of fused-ring (bicyclic) bond motifs is 2. The summed E-state index contributed by atoms with van der Waals surface area (Å²) in [6, 6.07) is 15.5. The molecule has 0 spiro atoms. The summed E-state index contributed by atoms with van der Waals surface area (Å²) in [5.74, 6) is 1.41. The topological polar surface area (TPSA) is 84.2 Å². The lowest BCUT2D eigenvalue weighted by molar-refractivity contribution is 0.0954. The number of aromatic nitrogens is 4. The highest BCUT2D eigenvalue weighted by molar-refractivity contribution is 5.94. The van der Waals surface area contributed by atoms with E-state index in [0.717, 1.165) is 28.2 Å². The minimum absolute atomic E-state index is 0.131. The summed E-state index contributed by atoms with van der Waals surface area (Å²) in [6.45, 7) is 2.93. The zero-order valence-electron chi connectivity index (χ0n) is 14.3. The zero-order chi connectivity index (χ0) is 17.9. The number of hydrogen-bond donors (Lipinski definition) is 2. The van der Waals surface area contributed by atoms with Crippen LogP contribution in [0, 0.1) is 6.92 Å². The molecule has 0 aliphatic carbocycles. The molecule has 3 aromatic heterocycles. The molecule has 0 atom stereocenters. The third kappa shape index (κ3) is 3.19. The standard InChI is InChI=1S/C19H18N6O/c1-13-23-24-18-9-7-15(12-25(13)18)19(26)21-11-10-20-17-8-6-14-4-2-3-5-16(14)22-17/h2-9,12H,10-11H2,1H3,(H,20,22)(H,21,26). The zero-order valence-corrected chi connectivity index (χ0v) is 14.3. The third-order valence-electron chi connectivity index (χ3n) is 4.15. The van der Waals surface area contributed by atoms with Crippen molar-refractivity contribution in [1.29, 1.82) is 0 Å². The molecule has 0 saturated carbocycles. The predicted octanol–water partition coefficient (Wildman–Crippen LogP) is 2.43. The highest BCUT2D eigenvalue weighted by Crippen LogP contribution is 2.14. The third-order valence-corrected chi connectivity index (χ3v) is 4.15. The molecule has 7 nitrogen and oxygen atoms in total. The molecule has 1 amide bonds. The van der Waals surface area contributed by atoms with E-state index >= 15 is 0 Å². The molecule has 130 valence electrons. The number of amides is 1. The minimum atomic E-state index is -0.131. The Labute approximate surface area is 150 Å². The minimum Gasteiger partial charge on any atom is -0.368 e. The lowest BCUT2D eigenvalue weighted by Gasteiger charge is -2.08. The number of para-hydroxylation sites is 1. The Morgan fingerprint density at radius 2 is 1.92 bits per heavy atom. The van der Waals surface area contributed by atoms with E-state index in [4.69, 9.17) is 0 Å². The van der Waals surface area contributed by atoms with E-state index in [1.807, 2.05) is 43.3 Å². The van der Waals surface area contributed by atoms with Gasteiger partial charge in [0.2, 0.25) is 0 Å². The van der Waals surface area contributed by atoms with Gasteiger partial charge < -0.3 is 10.6 Å². The van der Waals surface area contributed by atoms with E-state index in [1.165, 1.54) is 0 Å². The maximum atomic E-state index is 12.3. The Bertz CT molecular complexity index is 1090. The number of pyridine rings is 2. The average molecular weight is 346 g/mol. The molecule has 0 bridgehead atoms. The average Bonchev–Trinajstić information content (AvgIpc) is 3.05. The van der Waals surface area contributed by atoms with Crippen molar-refractivity contribution < 1.29 is 4.79 Å². The van der Waals surface area contributed by atoms with Crippen LogP contribution in [0.3, 0.4) is 0 Å². The van der Waals surface area contributed by atoms with Gasteiger partial charge >= 0.3 is 0 Å². The van der Waals surface area contributed by atoms with Gasteiger partial charge in [-0.05, 0) is 37.3 Å². The van der Waals surface area contributed by atoms with Gasteiger partial charge in [-0.3, -0.25) is 9.20 Å². The smallest absolute Gasteiger partial charge is 0.252 e. The van der Waals surface area contributed by atoms with Crippen molar-refractivity contribution in [3.63, 3.8) is 0 Å². The summed E-state index contributed by atoms with van der Waals surface area (Å²) in [5.41, 5.74) is 2.24. The summed E-state index contributed by atoms with van der Waals surface area (Å²) < 4.78 is 1.80. The van der Waals surface area contributed by atoms with Crippen LogP contribution in [0.25, 0.3) is 16.6 Å². The molecule has 0 fully saturated rings. The van der Waals surface area contributed by atoms with Crippen LogP contribution in [-0.2, 0) is 0 Å². The Balaban J connectivity index is 1.34. The Morgan fingerprint density at radius 1 is 1.04 bits per heavy atom. The summed E-state index contributed by atoms with van der Waals surface area (Å²) in [7, 11) is 0. The molecule has 0 aliphatic heterocycles. The summed E-state index contributed by atoms with van der Waals surface area (Å²) in [6.07, 6.45) is 1.75. The van der Waals surface area contributed by atoms with Crippen LogP contribution in [0.2, 0.25) is 0 Å². The van der Waals surface area contributed by atoms with Crippen LogP contribution < -0.4 is 10.6 Å². The molecule has 4 aromatic rings. The first kappa shape index (κ1) is 16.0. The molecule has 4 rings (SSSR count). The number of rotatable bonds is 5. The van der Waals surface area contributed by atoms with Gasteiger partial charge in [0.15, 0.2) is 5.65 Å². The molecule has 1 aromatic carbocycles. The second-order valence-electron chi connectivity index (χ2n) is 5.97. The molecule has 26 heavy (non-hydrogen) atoms. The van der Waals surface area contributed by atoms with Gasteiger partial charge in [-0.2, -0.15) is 0 Å². The van der Waals surface area contributed by atoms with Gasteiger partial charge in [0.25, 0.3) is 5.91 Å². The van der Waals surface area contributed by atoms with Crippen molar-refractivity contribution in [2.45, 2.75) is 6.92 Å². The number of anilines is 1. The highest BCUT2D eigenvalue weighted by Gasteiger charge is 2.08. The van der Waals surface area contributed by atoms with Crippen molar-refractivity contribution in [2.24, 2.45) is 0 Å². The fourth-order valence-electron chi connectivity index (χ4n) is 2.77. The molecule has 7 heteroatoms. The monoisotopic (exact) mass is 346 g/mol. The number of carbonyl (C=O) groups is 1. The van der Waals surface area contributed by atoms with Crippen LogP contribution in [0.15, 0.2) is 54.7 Å². The van der Waals surface area contributed by atoms with Gasteiger partial charge in [-0.15, -0.1) is 10.2 Å². The first-order chi connectivity index (χ1) is 12.7. The van der Waals surface area contributed by atoms with E-state index in [-0.39, 0.29) is 5.91 Å². The van der Waals surface area contributed by atoms with E-state index < -0.39 is 0 Å². The lowest BCUT2D eigenvalue weighted by Crippen LogP contribution is -2.29. The van der Waals surface area contributed by atoms with Crippen LogP contribution in [0.5, 0.6) is 0 Å². The van der Waals surface area contributed by atoms with Crippen molar-refractivity contribution >= 4 is 28.3 Å². The molecule has 0 unspecified atom stereocenters. The number of aryl methyl sites for hydroxylation is 1.